The van der Waals surface area contributed by atoms with Crippen LogP contribution in [0.4, 0.5) is 5.82 Å². The van der Waals surface area contributed by atoms with Gasteiger partial charge in [-0.25, -0.2) is 0 Å². The van der Waals surface area contributed by atoms with E-state index in [-0.39, 0.29) is 5.91 Å². The van der Waals surface area contributed by atoms with Gasteiger partial charge in [0, 0.05) is 50.7 Å². The lowest BCUT2D eigenvalue weighted by atomic mass is 9.78. The highest BCUT2D eigenvalue weighted by molar-refractivity contribution is 7.13. The predicted molar refractivity (Wildman–Crippen MR) is 147 cm³/mol. The van der Waals surface area contributed by atoms with Crippen LogP contribution in [0.25, 0.3) is 16.2 Å². The molecule has 1 saturated carbocycles. The topological polar surface area (TPSA) is 48.5 Å². The Bertz CT molecular complexity index is 1160. The Kier molecular flexibility index (Phi) is 7.79. The molecule has 3 aromatic rings. The number of rotatable bonds is 7. The van der Waals surface area contributed by atoms with Gasteiger partial charge in [0.05, 0.1) is 4.70 Å². The van der Waals surface area contributed by atoms with Crippen molar-refractivity contribution in [2.45, 2.75) is 32.6 Å². The highest BCUT2D eigenvalue weighted by atomic mass is 32.1. The largest absolute Gasteiger partial charge is 0.353 e. The molecule has 1 N–H and O–H groups in total. The molecule has 2 heterocycles. The van der Waals surface area contributed by atoms with Crippen LogP contribution in [0.1, 0.15) is 36.8 Å². The summed E-state index contributed by atoms with van der Waals surface area (Å²) in [7, 11) is 0. The van der Waals surface area contributed by atoms with Gasteiger partial charge in [0.25, 0.3) is 0 Å². The fraction of sp³-hybridized carbons (Fsp3) is 0.448. The van der Waals surface area contributed by atoms with Gasteiger partial charge in [0.15, 0.2) is 0 Å². The van der Waals surface area contributed by atoms with Crippen molar-refractivity contribution in [3.05, 3.63) is 65.7 Å². The number of aromatic nitrogens is 1. The molecule has 2 aromatic carbocycles. The number of nitrogens with zero attached hydrogens (tertiary/aromatic N) is 3. The highest BCUT2D eigenvalue weighted by Crippen LogP contribution is 2.32. The number of anilines is 1. The molecular formula is C29H36N4OS. The maximum Gasteiger partial charge on any atom is 0.244 e. The number of benzene rings is 2. The molecule has 1 aliphatic carbocycles. The average molecular weight is 489 g/mol. The van der Waals surface area contributed by atoms with Gasteiger partial charge >= 0.3 is 0 Å². The van der Waals surface area contributed by atoms with Gasteiger partial charge in [-0.15, -0.1) is 0 Å². The van der Waals surface area contributed by atoms with Crippen LogP contribution < -0.4 is 10.2 Å². The van der Waals surface area contributed by atoms with E-state index in [2.05, 4.69) is 52.4 Å². The highest BCUT2D eigenvalue weighted by Gasteiger charge is 2.29. The molecule has 5 rings (SSSR count). The van der Waals surface area contributed by atoms with Crippen LogP contribution in [0.15, 0.2) is 54.6 Å². The van der Waals surface area contributed by atoms with Crippen molar-refractivity contribution < 1.29 is 4.79 Å². The van der Waals surface area contributed by atoms with Gasteiger partial charge in [0.2, 0.25) is 5.91 Å². The molecular weight excluding hydrogens is 452 g/mol. The Morgan fingerprint density at radius 1 is 1.03 bits per heavy atom. The van der Waals surface area contributed by atoms with Crippen LogP contribution >= 0.6 is 11.5 Å². The van der Waals surface area contributed by atoms with E-state index >= 15 is 0 Å². The Hall–Kier alpha value is -2.70. The standard InChI is InChI=1S/C29H36N4OS/c1-22-8-2-3-9-23(22)14-15-28(34)30-20-24-10-4-5-11-25(24)21-32-16-18-33(19-17-32)29-26-12-6-7-13-27(26)35-31-29/h2-3,6-9,12-15,24-25H,4-5,10-11,16-21H2,1H3,(H,30,34)/t24-,25+/m0/s1. The first kappa shape index (κ1) is 24.0. The first-order chi connectivity index (χ1) is 17.2. The molecule has 2 atom stereocenters. The summed E-state index contributed by atoms with van der Waals surface area (Å²) in [5.74, 6) is 2.40. The molecule has 1 aliphatic heterocycles. The molecule has 0 spiro atoms. The minimum absolute atomic E-state index is 0.0154. The van der Waals surface area contributed by atoms with E-state index in [0.29, 0.717) is 11.8 Å². The number of hydrogen-bond donors (Lipinski definition) is 1. The van der Waals surface area contributed by atoms with Crippen LogP contribution in [0.2, 0.25) is 0 Å². The molecule has 0 bridgehead atoms. The molecule has 35 heavy (non-hydrogen) atoms. The first-order valence-electron chi connectivity index (χ1n) is 13.0. The monoisotopic (exact) mass is 488 g/mol. The lowest BCUT2D eigenvalue weighted by molar-refractivity contribution is -0.116. The SMILES string of the molecule is Cc1ccccc1C=CC(=O)NC[C@@H]1CCCC[C@@H]1CN1CCN(c2nsc3ccccc23)CC1. The number of nitrogens with one attached hydrogen (secondary N) is 1. The number of amides is 1. The fourth-order valence-electron chi connectivity index (χ4n) is 5.60. The number of carbonyl (C=O) groups excluding carboxylic acids is 1. The summed E-state index contributed by atoms with van der Waals surface area (Å²) in [5, 5.41) is 4.48. The number of piperazine rings is 1. The van der Waals surface area contributed by atoms with Crippen molar-refractivity contribution in [3.63, 3.8) is 0 Å². The van der Waals surface area contributed by atoms with Crippen molar-refractivity contribution in [1.82, 2.24) is 14.6 Å². The summed E-state index contributed by atoms with van der Waals surface area (Å²) in [4.78, 5) is 17.6. The molecule has 0 unspecified atom stereocenters. The lowest BCUT2D eigenvalue weighted by Crippen LogP contribution is -2.49. The quantitative estimate of drug-likeness (QED) is 0.455. The predicted octanol–water partition coefficient (Wildman–Crippen LogP) is 5.36. The number of fused-ring (bicyclic) bond motifs is 1. The molecule has 184 valence electrons. The molecule has 1 amide bonds. The van der Waals surface area contributed by atoms with Crippen molar-refractivity contribution >= 4 is 39.4 Å². The van der Waals surface area contributed by atoms with Gasteiger partial charge in [-0.1, -0.05) is 49.2 Å². The Labute approximate surface area is 213 Å². The molecule has 5 nitrogen and oxygen atoms in total. The third-order valence-corrected chi connectivity index (χ3v) is 8.55. The Morgan fingerprint density at radius 2 is 1.77 bits per heavy atom. The van der Waals surface area contributed by atoms with E-state index in [1.807, 2.05) is 24.3 Å². The fourth-order valence-corrected chi connectivity index (χ4v) is 6.39. The van der Waals surface area contributed by atoms with Gasteiger partial charge in [-0.2, -0.15) is 4.37 Å². The number of carbonyl (C=O) groups is 1. The van der Waals surface area contributed by atoms with E-state index in [4.69, 9.17) is 4.37 Å². The van der Waals surface area contributed by atoms with E-state index in [0.717, 1.165) is 50.6 Å². The van der Waals surface area contributed by atoms with Crippen LogP contribution in [0.5, 0.6) is 0 Å². The molecule has 1 aromatic heterocycles. The van der Waals surface area contributed by atoms with Gasteiger partial charge < -0.3 is 10.2 Å². The van der Waals surface area contributed by atoms with Crippen LogP contribution in [-0.2, 0) is 4.79 Å². The second kappa shape index (κ2) is 11.4. The van der Waals surface area contributed by atoms with Crippen molar-refractivity contribution in [2.75, 3.05) is 44.2 Å². The van der Waals surface area contributed by atoms with E-state index in [1.54, 1.807) is 17.6 Å². The van der Waals surface area contributed by atoms with Crippen LogP contribution in [0, 0.1) is 18.8 Å². The van der Waals surface area contributed by atoms with Gasteiger partial charge in [-0.05, 0) is 72.5 Å². The average Bonchev–Trinajstić information content (AvgIpc) is 3.32. The van der Waals surface area contributed by atoms with Gasteiger partial charge in [-0.3, -0.25) is 9.69 Å². The lowest BCUT2D eigenvalue weighted by Gasteiger charge is -2.40. The third kappa shape index (κ3) is 5.93. The van der Waals surface area contributed by atoms with Crippen molar-refractivity contribution in [2.24, 2.45) is 11.8 Å². The maximum atomic E-state index is 12.5. The summed E-state index contributed by atoms with van der Waals surface area (Å²) in [6, 6.07) is 16.7. The Morgan fingerprint density at radius 3 is 2.60 bits per heavy atom. The molecule has 2 fully saturated rings. The van der Waals surface area contributed by atoms with E-state index in [1.165, 1.54) is 41.3 Å². The zero-order valence-corrected chi connectivity index (χ0v) is 21.5. The molecule has 6 heteroatoms. The van der Waals surface area contributed by atoms with Crippen LogP contribution in [0.3, 0.4) is 0 Å². The van der Waals surface area contributed by atoms with E-state index < -0.39 is 0 Å². The van der Waals surface area contributed by atoms with Gasteiger partial charge in [0.1, 0.15) is 5.82 Å². The second-order valence-corrected chi connectivity index (χ2v) is 10.8. The van der Waals surface area contributed by atoms with Crippen LogP contribution in [-0.4, -0.2) is 54.4 Å². The third-order valence-electron chi connectivity index (χ3n) is 7.73. The summed E-state index contributed by atoms with van der Waals surface area (Å²) >= 11 is 1.60. The summed E-state index contributed by atoms with van der Waals surface area (Å²) in [6.45, 7) is 8.24. The molecule has 0 radical (unpaired) electrons. The minimum Gasteiger partial charge on any atom is -0.353 e. The number of hydrogen-bond acceptors (Lipinski definition) is 5. The Balaban J connectivity index is 1.11. The van der Waals surface area contributed by atoms with E-state index in [9.17, 15) is 4.79 Å². The normalized spacial score (nSPS) is 21.6. The molecule has 1 saturated heterocycles. The summed E-state index contributed by atoms with van der Waals surface area (Å²) < 4.78 is 6.02. The van der Waals surface area contributed by atoms with Crippen molar-refractivity contribution in [3.8, 4) is 0 Å². The molecule has 2 aliphatic rings. The summed E-state index contributed by atoms with van der Waals surface area (Å²) in [6.07, 6.45) is 8.69. The first-order valence-corrected chi connectivity index (χ1v) is 13.8. The maximum absolute atomic E-state index is 12.5. The number of aryl methyl sites for hydroxylation is 1. The zero-order valence-electron chi connectivity index (χ0n) is 20.7. The minimum atomic E-state index is 0.0154. The zero-order chi connectivity index (χ0) is 24.0. The summed E-state index contributed by atoms with van der Waals surface area (Å²) in [5.41, 5.74) is 2.29. The second-order valence-electron chi connectivity index (χ2n) is 10.0. The van der Waals surface area contributed by atoms with Crippen molar-refractivity contribution in [1.29, 1.82) is 0 Å². The smallest absolute Gasteiger partial charge is 0.244 e.